The van der Waals surface area contributed by atoms with Crippen LogP contribution < -0.4 is 10.1 Å². The second-order valence-corrected chi connectivity index (χ2v) is 7.76. The summed E-state index contributed by atoms with van der Waals surface area (Å²) in [6.07, 6.45) is 5.28. The number of nitrogens with one attached hydrogen (secondary N) is 1. The molecule has 0 radical (unpaired) electrons. The number of fused-ring (bicyclic) bond motifs is 4. The van der Waals surface area contributed by atoms with Gasteiger partial charge in [-0.15, -0.1) is 0 Å². The predicted molar refractivity (Wildman–Crippen MR) is 99.0 cm³/mol. The molecule has 136 valence electrons. The smallest absolute Gasteiger partial charge is 0.322 e. The third-order valence-electron chi connectivity index (χ3n) is 5.73. The van der Waals surface area contributed by atoms with Gasteiger partial charge in [-0.25, -0.2) is 4.79 Å². The maximum absolute atomic E-state index is 12.9. The number of anilines is 1. The molecule has 5 nitrogen and oxygen atoms in total. The summed E-state index contributed by atoms with van der Waals surface area (Å²) in [5.74, 6) is 2.27. The summed E-state index contributed by atoms with van der Waals surface area (Å²) in [4.78, 5) is 17.6. The highest BCUT2D eigenvalue weighted by atomic mass is 16.5. The van der Waals surface area contributed by atoms with Crippen molar-refractivity contribution in [2.45, 2.75) is 38.6 Å². The van der Waals surface area contributed by atoms with E-state index in [0.29, 0.717) is 18.6 Å². The number of ether oxygens (including phenoxy) is 1. The molecule has 1 N–H and O–H groups in total. The molecule has 25 heavy (non-hydrogen) atoms. The Morgan fingerprint density at radius 1 is 1.16 bits per heavy atom. The average molecular weight is 343 g/mol. The minimum Gasteiger partial charge on any atom is -0.492 e. The van der Waals surface area contributed by atoms with E-state index >= 15 is 0 Å². The lowest BCUT2D eigenvalue weighted by Crippen LogP contribution is -2.45. The molecule has 1 aliphatic carbocycles. The van der Waals surface area contributed by atoms with Gasteiger partial charge in [-0.05, 0) is 56.6 Å². The number of amides is 2. The van der Waals surface area contributed by atoms with Crippen LogP contribution in [0.2, 0.25) is 0 Å². The van der Waals surface area contributed by atoms with Gasteiger partial charge in [0.15, 0.2) is 0 Å². The van der Waals surface area contributed by atoms with Gasteiger partial charge in [0.05, 0.1) is 12.3 Å². The molecule has 1 saturated carbocycles. The molecule has 4 aliphatic rings. The average Bonchev–Trinajstić information content (AvgIpc) is 3.44. The lowest BCUT2D eigenvalue weighted by Gasteiger charge is -2.36. The standard InChI is InChI=1S/C20H29N3O2/c1-2-25-19-6-4-3-5-18(19)21-20(24)23-13-16-9-10-17(14-23)22(12-16)11-15-7-8-15/h3-6,15-17H,2,7-14H2,1H3,(H,21,24). The van der Waals surface area contributed by atoms with E-state index in [0.717, 1.165) is 30.4 Å². The molecule has 0 aromatic heterocycles. The molecule has 5 heteroatoms. The maximum Gasteiger partial charge on any atom is 0.322 e. The van der Waals surface area contributed by atoms with Gasteiger partial charge in [-0.2, -0.15) is 0 Å². The van der Waals surface area contributed by atoms with Gasteiger partial charge in [0.1, 0.15) is 5.75 Å². The first-order valence-corrected chi connectivity index (χ1v) is 9.74. The van der Waals surface area contributed by atoms with Gasteiger partial charge in [-0.1, -0.05) is 12.1 Å². The molecule has 3 aliphatic heterocycles. The first-order valence-electron chi connectivity index (χ1n) is 9.74. The van der Waals surface area contributed by atoms with Crippen LogP contribution in [-0.2, 0) is 0 Å². The fourth-order valence-electron chi connectivity index (χ4n) is 4.25. The van der Waals surface area contributed by atoms with Crippen LogP contribution in [-0.4, -0.2) is 54.7 Å². The van der Waals surface area contributed by atoms with E-state index < -0.39 is 0 Å². The fourth-order valence-corrected chi connectivity index (χ4v) is 4.25. The number of piperidine rings is 1. The number of benzene rings is 1. The first kappa shape index (κ1) is 16.7. The van der Waals surface area contributed by atoms with E-state index in [9.17, 15) is 4.79 Å². The minimum atomic E-state index is 0.0114. The minimum absolute atomic E-state index is 0.0114. The number of carbonyl (C=O) groups is 1. The van der Waals surface area contributed by atoms with Crippen LogP contribution in [0.25, 0.3) is 0 Å². The SMILES string of the molecule is CCOc1ccccc1NC(=O)N1CC2CCC(C1)N(CC1CC1)C2. The van der Waals surface area contributed by atoms with Crippen LogP contribution in [0, 0.1) is 11.8 Å². The molecule has 5 rings (SSSR count). The highest BCUT2D eigenvalue weighted by molar-refractivity contribution is 5.91. The number of nitrogens with zero attached hydrogens (tertiary/aromatic N) is 2. The highest BCUT2D eigenvalue weighted by Crippen LogP contribution is 2.35. The van der Waals surface area contributed by atoms with Crippen LogP contribution in [0.4, 0.5) is 10.5 Å². The topological polar surface area (TPSA) is 44.8 Å². The molecular formula is C20H29N3O2. The molecule has 2 unspecified atom stereocenters. The van der Waals surface area contributed by atoms with Crippen molar-refractivity contribution in [1.82, 2.24) is 9.80 Å². The molecule has 0 spiro atoms. The van der Waals surface area contributed by atoms with Crippen LogP contribution >= 0.6 is 0 Å². The van der Waals surface area contributed by atoms with E-state index in [1.807, 2.05) is 36.1 Å². The summed E-state index contributed by atoms with van der Waals surface area (Å²) >= 11 is 0. The molecule has 2 bridgehead atoms. The van der Waals surface area contributed by atoms with Crippen LogP contribution in [0.3, 0.4) is 0 Å². The molecule has 1 aromatic carbocycles. The summed E-state index contributed by atoms with van der Waals surface area (Å²) < 4.78 is 5.63. The van der Waals surface area contributed by atoms with Gasteiger partial charge in [0.25, 0.3) is 0 Å². The summed E-state index contributed by atoms with van der Waals surface area (Å²) in [5, 5.41) is 3.07. The van der Waals surface area contributed by atoms with Gasteiger partial charge in [-0.3, -0.25) is 4.90 Å². The van der Waals surface area contributed by atoms with Crippen LogP contribution in [0.15, 0.2) is 24.3 Å². The number of rotatable bonds is 5. The first-order chi connectivity index (χ1) is 12.2. The van der Waals surface area contributed by atoms with E-state index in [4.69, 9.17) is 4.74 Å². The zero-order valence-electron chi connectivity index (χ0n) is 15.1. The van der Waals surface area contributed by atoms with Crippen LogP contribution in [0.5, 0.6) is 5.75 Å². The van der Waals surface area contributed by atoms with Crippen molar-refractivity contribution in [2.75, 3.05) is 38.1 Å². The summed E-state index contributed by atoms with van der Waals surface area (Å²) in [7, 11) is 0. The molecule has 2 amide bonds. The maximum atomic E-state index is 12.9. The predicted octanol–water partition coefficient (Wildman–Crippen LogP) is 3.42. The van der Waals surface area contributed by atoms with E-state index in [-0.39, 0.29) is 6.03 Å². The Kier molecular flexibility index (Phi) is 4.84. The van der Waals surface area contributed by atoms with Crippen molar-refractivity contribution in [1.29, 1.82) is 0 Å². The zero-order chi connectivity index (χ0) is 17.2. The van der Waals surface area contributed by atoms with Gasteiger partial charge in [0, 0.05) is 32.2 Å². The number of carbonyl (C=O) groups excluding carboxylic acids is 1. The Morgan fingerprint density at radius 3 is 2.80 bits per heavy atom. The van der Waals surface area contributed by atoms with Crippen LogP contribution in [0.1, 0.15) is 32.6 Å². The number of hydrogen-bond donors (Lipinski definition) is 1. The molecule has 3 saturated heterocycles. The van der Waals surface area contributed by atoms with Crippen molar-refractivity contribution in [2.24, 2.45) is 11.8 Å². The molecule has 1 aromatic rings. The van der Waals surface area contributed by atoms with Gasteiger partial charge >= 0.3 is 6.03 Å². The Labute approximate surface area is 150 Å². The Bertz CT molecular complexity index is 617. The Hall–Kier alpha value is -1.75. The van der Waals surface area contributed by atoms with Crippen molar-refractivity contribution in [3.05, 3.63) is 24.3 Å². The summed E-state index contributed by atoms with van der Waals surface area (Å²) in [6.45, 7) is 6.69. The number of urea groups is 1. The monoisotopic (exact) mass is 343 g/mol. The van der Waals surface area contributed by atoms with E-state index in [1.54, 1.807) is 0 Å². The van der Waals surface area contributed by atoms with Crippen molar-refractivity contribution in [3.8, 4) is 5.75 Å². The van der Waals surface area contributed by atoms with Crippen molar-refractivity contribution in [3.63, 3.8) is 0 Å². The molecule has 3 heterocycles. The lowest BCUT2D eigenvalue weighted by molar-refractivity contribution is 0.126. The Balaban J connectivity index is 1.42. The van der Waals surface area contributed by atoms with Gasteiger partial charge in [0.2, 0.25) is 0 Å². The van der Waals surface area contributed by atoms with Gasteiger partial charge < -0.3 is 15.0 Å². The summed E-state index contributed by atoms with van der Waals surface area (Å²) in [6, 6.07) is 8.23. The molecule has 4 fully saturated rings. The second-order valence-electron chi connectivity index (χ2n) is 7.76. The third kappa shape index (κ3) is 3.92. The van der Waals surface area contributed by atoms with Crippen molar-refractivity contribution < 1.29 is 9.53 Å². The zero-order valence-corrected chi connectivity index (χ0v) is 15.1. The second kappa shape index (κ2) is 7.24. The van der Waals surface area contributed by atoms with E-state index in [1.165, 1.54) is 38.8 Å². The normalized spacial score (nSPS) is 26.4. The molecular weight excluding hydrogens is 314 g/mol. The van der Waals surface area contributed by atoms with Crippen molar-refractivity contribution >= 4 is 11.7 Å². The Morgan fingerprint density at radius 2 is 2.00 bits per heavy atom. The quantitative estimate of drug-likeness (QED) is 0.891. The number of hydrogen-bond acceptors (Lipinski definition) is 3. The highest BCUT2D eigenvalue weighted by Gasteiger charge is 2.38. The fraction of sp³-hybridized carbons (Fsp3) is 0.650. The molecule has 2 atom stereocenters. The largest absolute Gasteiger partial charge is 0.492 e. The van der Waals surface area contributed by atoms with E-state index in [2.05, 4.69) is 10.2 Å². The number of para-hydroxylation sites is 2. The third-order valence-corrected chi connectivity index (χ3v) is 5.73. The summed E-state index contributed by atoms with van der Waals surface area (Å²) in [5.41, 5.74) is 0.765. The lowest BCUT2D eigenvalue weighted by atomic mass is 9.95.